The van der Waals surface area contributed by atoms with Gasteiger partial charge >= 0.3 is 0 Å². The topological polar surface area (TPSA) is 71.0 Å². The normalized spacial score (nSPS) is 21.8. The lowest BCUT2D eigenvalue weighted by Gasteiger charge is -2.26. The Bertz CT molecular complexity index is 227. The minimum atomic E-state index is -0.668. The van der Waals surface area contributed by atoms with Crippen LogP contribution >= 0.6 is 0 Å². The van der Waals surface area contributed by atoms with Crippen molar-refractivity contribution in [2.75, 3.05) is 32.9 Å². The van der Waals surface area contributed by atoms with Crippen LogP contribution in [0.3, 0.4) is 0 Å². The zero-order valence-electron chi connectivity index (χ0n) is 12.2. The van der Waals surface area contributed by atoms with Crippen LogP contribution in [0.2, 0.25) is 0 Å². The second kappa shape index (κ2) is 8.87. The Labute approximate surface area is 116 Å². The number of rotatable bonds is 10. The molecule has 5 nitrogen and oxygen atoms in total. The van der Waals surface area contributed by atoms with Gasteiger partial charge in [0.2, 0.25) is 0 Å². The number of aliphatic hydroxyl groups excluding tert-OH is 1. The Morgan fingerprint density at radius 2 is 2.16 bits per heavy atom. The average molecular weight is 275 g/mol. The first-order valence-electron chi connectivity index (χ1n) is 7.40. The fourth-order valence-electron chi connectivity index (χ4n) is 2.14. The Morgan fingerprint density at radius 1 is 1.42 bits per heavy atom. The summed E-state index contributed by atoms with van der Waals surface area (Å²) in [7, 11) is 0. The average Bonchev–Trinajstić information content (AvgIpc) is 2.91. The molecule has 0 bridgehead atoms. The van der Waals surface area contributed by atoms with Crippen LogP contribution in [0.15, 0.2) is 0 Å². The lowest BCUT2D eigenvalue weighted by atomic mass is 9.97. The summed E-state index contributed by atoms with van der Waals surface area (Å²) in [5.74, 6) is 0. The molecule has 0 amide bonds. The maximum absolute atomic E-state index is 10.1. The van der Waals surface area contributed by atoms with Crippen LogP contribution in [0.5, 0.6) is 0 Å². The summed E-state index contributed by atoms with van der Waals surface area (Å²) < 4.78 is 10.9. The Hall–Kier alpha value is -0.200. The highest BCUT2D eigenvalue weighted by Crippen LogP contribution is 2.13. The zero-order chi connectivity index (χ0) is 14.1. The molecule has 1 heterocycles. The molecule has 1 saturated heterocycles. The molecular weight excluding hydrogens is 246 g/mol. The smallest absolute Gasteiger partial charge is 0.0897 e. The molecule has 5 heteroatoms. The van der Waals surface area contributed by atoms with Gasteiger partial charge in [-0.2, -0.15) is 0 Å². The van der Waals surface area contributed by atoms with Gasteiger partial charge in [-0.25, -0.2) is 0 Å². The first kappa shape index (κ1) is 16.9. The van der Waals surface area contributed by atoms with E-state index in [0.29, 0.717) is 39.1 Å². The molecule has 19 heavy (non-hydrogen) atoms. The predicted octanol–water partition coefficient (Wildman–Crippen LogP) is 0.684. The van der Waals surface area contributed by atoms with Crippen molar-refractivity contribution < 1.29 is 19.7 Å². The Morgan fingerprint density at radius 3 is 2.74 bits per heavy atom. The van der Waals surface area contributed by atoms with E-state index in [2.05, 4.69) is 5.32 Å². The first-order valence-corrected chi connectivity index (χ1v) is 7.40. The van der Waals surface area contributed by atoms with Gasteiger partial charge in [0.25, 0.3) is 0 Å². The van der Waals surface area contributed by atoms with Crippen LogP contribution in [0.4, 0.5) is 0 Å². The van der Waals surface area contributed by atoms with Crippen molar-refractivity contribution in [2.24, 2.45) is 0 Å². The fourth-order valence-corrected chi connectivity index (χ4v) is 2.14. The van der Waals surface area contributed by atoms with Gasteiger partial charge in [0, 0.05) is 19.7 Å². The maximum atomic E-state index is 10.1. The third-order valence-electron chi connectivity index (χ3n) is 3.79. The molecule has 0 saturated carbocycles. The van der Waals surface area contributed by atoms with Crippen LogP contribution in [0, 0.1) is 0 Å². The summed E-state index contributed by atoms with van der Waals surface area (Å²) in [5, 5.41) is 22.9. The van der Waals surface area contributed by atoms with Gasteiger partial charge in [0.05, 0.1) is 31.0 Å². The molecule has 1 aliphatic rings. The number of hydrogen-bond donors (Lipinski definition) is 3. The van der Waals surface area contributed by atoms with E-state index in [1.807, 2.05) is 13.8 Å². The highest BCUT2D eigenvalue weighted by molar-refractivity contribution is 4.78. The van der Waals surface area contributed by atoms with Gasteiger partial charge in [-0.1, -0.05) is 13.8 Å². The molecular formula is C14H29NO4. The molecule has 2 atom stereocenters. The highest BCUT2D eigenvalue weighted by Gasteiger charge is 2.22. The van der Waals surface area contributed by atoms with Crippen LogP contribution in [0.1, 0.15) is 39.5 Å². The van der Waals surface area contributed by atoms with Crippen molar-refractivity contribution in [1.29, 1.82) is 0 Å². The molecule has 2 unspecified atom stereocenters. The Kier molecular flexibility index (Phi) is 7.87. The van der Waals surface area contributed by atoms with Gasteiger partial charge < -0.3 is 25.0 Å². The largest absolute Gasteiger partial charge is 0.389 e. The summed E-state index contributed by atoms with van der Waals surface area (Å²) in [4.78, 5) is 0. The van der Waals surface area contributed by atoms with Crippen LogP contribution in [0.25, 0.3) is 0 Å². The van der Waals surface area contributed by atoms with Gasteiger partial charge in [0.1, 0.15) is 0 Å². The van der Waals surface area contributed by atoms with Gasteiger partial charge in [0.15, 0.2) is 0 Å². The number of nitrogens with one attached hydrogen (secondary N) is 1. The van der Waals surface area contributed by atoms with E-state index in [-0.39, 0.29) is 6.10 Å². The lowest BCUT2D eigenvalue weighted by molar-refractivity contribution is -0.0191. The lowest BCUT2D eigenvalue weighted by Crippen LogP contribution is -2.43. The third kappa shape index (κ3) is 6.68. The molecule has 1 aliphatic heterocycles. The van der Waals surface area contributed by atoms with Crippen molar-refractivity contribution in [2.45, 2.75) is 57.3 Å². The van der Waals surface area contributed by atoms with Crippen LogP contribution < -0.4 is 5.32 Å². The molecule has 0 radical (unpaired) electrons. The molecule has 0 aliphatic carbocycles. The number of aliphatic hydroxyl groups is 2. The molecule has 1 rings (SSSR count). The second-order valence-corrected chi connectivity index (χ2v) is 5.39. The summed E-state index contributed by atoms with van der Waals surface area (Å²) in [6.07, 6.45) is 3.23. The van der Waals surface area contributed by atoms with E-state index >= 15 is 0 Å². The van der Waals surface area contributed by atoms with Crippen LogP contribution in [-0.4, -0.2) is 60.9 Å². The summed E-state index contributed by atoms with van der Waals surface area (Å²) in [6.45, 7) is 6.56. The minimum absolute atomic E-state index is 0.199. The van der Waals surface area contributed by atoms with E-state index < -0.39 is 11.7 Å². The molecule has 1 fully saturated rings. The van der Waals surface area contributed by atoms with Gasteiger partial charge in [-0.05, 0) is 25.7 Å². The fraction of sp³-hybridized carbons (Fsp3) is 1.00. The van der Waals surface area contributed by atoms with E-state index in [9.17, 15) is 10.2 Å². The quantitative estimate of drug-likeness (QED) is 0.547. The van der Waals surface area contributed by atoms with Crippen molar-refractivity contribution >= 4 is 0 Å². The monoisotopic (exact) mass is 275 g/mol. The van der Waals surface area contributed by atoms with E-state index in [4.69, 9.17) is 9.47 Å². The molecule has 0 aromatic rings. The molecule has 0 spiro atoms. The molecule has 0 aromatic carbocycles. The molecule has 114 valence electrons. The molecule has 0 aromatic heterocycles. The SMILES string of the molecule is CCC(O)(CC)CNCC(O)COCC1CCCO1. The number of ether oxygens (including phenoxy) is 2. The van der Waals surface area contributed by atoms with Crippen molar-refractivity contribution in [3.05, 3.63) is 0 Å². The Balaban J connectivity index is 2.02. The summed E-state index contributed by atoms with van der Waals surface area (Å²) in [6, 6.07) is 0. The van der Waals surface area contributed by atoms with Gasteiger partial charge in [-0.3, -0.25) is 0 Å². The van der Waals surface area contributed by atoms with Gasteiger partial charge in [-0.15, -0.1) is 0 Å². The number of hydrogen-bond acceptors (Lipinski definition) is 5. The first-order chi connectivity index (χ1) is 9.09. The predicted molar refractivity (Wildman–Crippen MR) is 74.2 cm³/mol. The van der Waals surface area contributed by atoms with E-state index in [0.717, 1.165) is 19.4 Å². The summed E-state index contributed by atoms with van der Waals surface area (Å²) >= 11 is 0. The summed E-state index contributed by atoms with van der Waals surface area (Å²) in [5.41, 5.74) is -0.668. The highest BCUT2D eigenvalue weighted by atomic mass is 16.5. The van der Waals surface area contributed by atoms with Crippen molar-refractivity contribution in [1.82, 2.24) is 5.32 Å². The van der Waals surface area contributed by atoms with Crippen LogP contribution in [-0.2, 0) is 9.47 Å². The second-order valence-electron chi connectivity index (χ2n) is 5.39. The molecule has 3 N–H and O–H groups in total. The third-order valence-corrected chi connectivity index (χ3v) is 3.79. The van der Waals surface area contributed by atoms with E-state index in [1.165, 1.54) is 0 Å². The standard InChI is InChI=1S/C14H29NO4/c1-3-14(17,4-2)11-15-8-12(16)9-18-10-13-6-5-7-19-13/h12-13,15-17H,3-11H2,1-2H3. The maximum Gasteiger partial charge on any atom is 0.0897 e. The minimum Gasteiger partial charge on any atom is -0.389 e. The van der Waals surface area contributed by atoms with Crippen molar-refractivity contribution in [3.63, 3.8) is 0 Å². The van der Waals surface area contributed by atoms with Crippen molar-refractivity contribution in [3.8, 4) is 0 Å². The zero-order valence-corrected chi connectivity index (χ0v) is 12.2. The van der Waals surface area contributed by atoms with E-state index in [1.54, 1.807) is 0 Å².